The summed E-state index contributed by atoms with van der Waals surface area (Å²) >= 11 is 0. The van der Waals surface area contributed by atoms with Gasteiger partial charge in [-0.15, -0.1) is 0 Å². The molecule has 0 spiro atoms. The van der Waals surface area contributed by atoms with Gasteiger partial charge in [0.1, 0.15) is 17.9 Å². The topological polar surface area (TPSA) is 45.4 Å². The Labute approximate surface area is 125 Å². The van der Waals surface area contributed by atoms with E-state index in [4.69, 9.17) is 9.47 Å². The molecule has 0 amide bonds. The highest BCUT2D eigenvalue weighted by atomic mass is 16.5. The molecule has 0 saturated carbocycles. The van der Waals surface area contributed by atoms with Gasteiger partial charge in [0.25, 0.3) is 0 Å². The highest BCUT2D eigenvalue weighted by Crippen LogP contribution is 2.25. The van der Waals surface area contributed by atoms with E-state index < -0.39 is 0 Å². The lowest BCUT2D eigenvalue weighted by Crippen LogP contribution is -2.19. The van der Waals surface area contributed by atoms with E-state index in [0.717, 1.165) is 36.2 Å². The molecule has 0 N–H and O–H groups in total. The molecule has 1 fully saturated rings. The highest BCUT2D eigenvalue weighted by molar-refractivity contribution is 5.82. The van der Waals surface area contributed by atoms with Gasteiger partial charge in [0.05, 0.1) is 11.6 Å². The first-order chi connectivity index (χ1) is 10.2. The van der Waals surface area contributed by atoms with Gasteiger partial charge >= 0.3 is 5.69 Å². The molecule has 0 bridgehead atoms. The zero-order valence-electron chi connectivity index (χ0n) is 13.3. The summed E-state index contributed by atoms with van der Waals surface area (Å²) in [5.74, 6) is 0.744. The minimum Gasteiger partial charge on any atom is -0.489 e. The Morgan fingerprint density at radius 1 is 1.29 bits per heavy atom. The Balaban J connectivity index is 0.000000774. The summed E-state index contributed by atoms with van der Waals surface area (Å²) in [6.45, 7) is 5.37. The summed E-state index contributed by atoms with van der Waals surface area (Å²) < 4.78 is 14.7. The molecule has 21 heavy (non-hydrogen) atoms. The highest BCUT2D eigenvalue weighted by Gasteiger charge is 2.18. The van der Waals surface area contributed by atoms with E-state index in [-0.39, 0.29) is 11.8 Å². The quantitative estimate of drug-likeness (QED) is 0.873. The predicted octanol–water partition coefficient (Wildman–Crippen LogP) is 2.46. The van der Waals surface area contributed by atoms with Gasteiger partial charge in [-0.25, -0.2) is 4.79 Å². The van der Waals surface area contributed by atoms with E-state index in [2.05, 4.69) is 0 Å². The minimum absolute atomic E-state index is 0.0387. The van der Waals surface area contributed by atoms with Crippen molar-refractivity contribution in [2.45, 2.75) is 32.8 Å². The molecule has 1 aromatic heterocycles. The van der Waals surface area contributed by atoms with Gasteiger partial charge in [0, 0.05) is 20.7 Å². The number of rotatable bonds is 3. The van der Waals surface area contributed by atoms with Crippen molar-refractivity contribution >= 4 is 11.0 Å². The van der Waals surface area contributed by atoms with Gasteiger partial charge in [-0.3, -0.25) is 9.13 Å². The van der Waals surface area contributed by atoms with Crippen LogP contribution in [-0.4, -0.2) is 28.5 Å². The smallest absolute Gasteiger partial charge is 0.328 e. The number of aromatic nitrogens is 2. The van der Waals surface area contributed by atoms with Crippen LogP contribution in [0.3, 0.4) is 0 Å². The van der Waals surface area contributed by atoms with Crippen molar-refractivity contribution in [3.05, 3.63) is 28.7 Å². The number of fused-ring (bicyclic) bond motifs is 1. The average molecular weight is 292 g/mol. The van der Waals surface area contributed by atoms with Crippen molar-refractivity contribution in [1.29, 1.82) is 0 Å². The molecule has 5 nitrogen and oxygen atoms in total. The second-order valence-electron chi connectivity index (χ2n) is 4.97. The summed E-state index contributed by atoms with van der Waals surface area (Å²) in [6.07, 6.45) is 2.32. The fourth-order valence-corrected chi connectivity index (χ4v) is 2.62. The first kappa shape index (κ1) is 15.6. The number of nitrogens with zero attached hydrogens (tertiary/aromatic N) is 2. The van der Waals surface area contributed by atoms with Crippen LogP contribution in [0.2, 0.25) is 0 Å². The lowest BCUT2D eigenvalue weighted by molar-refractivity contribution is 0.0684. The van der Waals surface area contributed by atoms with Crippen molar-refractivity contribution in [2.24, 2.45) is 14.1 Å². The lowest BCUT2D eigenvalue weighted by atomic mass is 10.2. The van der Waals surface area contributed by atoms with E-state index in [1.54, 1.807) is 23.2 Å². The van der Waals surface area contributed by atoms with Gasteiger partial charge in [-0.05, 0) is 25.0 Å². The van der Waals surface area contributed by atoms with Gasteiger partial charge in [0.2, 0.25) is 0 Å². The summed E-state index contributed by atoms with van der Waals surface area (Å²) in [7, 11) is 3.54. The third-order valence-corrected chi connectivity index (χ3v) is 3.70. The molecule has 3 rings (SSSR count). The lowest BCUT2D eigenvalue weighted by Gasteiger charge is -2.12. The van der Waals surface area contributed by atoms with Gasteiger partial charge in [-0.1, -0.05) is 19.9 Å². The van der Waals surface area contributed by atoms with Crippen LogP contribution in [0.5, 0.6) is 5.75 Å². The SMILES string of the molecule is CC.Cn1c(=O)n(C)c2c(OCC3CCCO3)cccc21. The second kappa shape index (κ2) is 6.80. The van der Waals surface area contributed by atoms with E-state index >= 15 is 0 Å². The first-order valence-corrected chi connectivity index (χ1v) is 7.57. The van der Waals surface area contributed by atoms with Crippen LogP contribution in [-0.2, 0) is 18.8 Å². The fraction of sp³-hybridized carbons (Fsp3) is 0.562. The number of aryl methyl sites for hydroxylation is 2. The van der Waals surface area contributed by atoms with E-state index in [9.17, 15) is 4.79 Å². The average Bonchev–Trinajstić information content (AvgIpc) is 3.12. The molecule has 1 aromatic carbocycles. The molecule has 5 heteroatoms. The maximum Gasteiger partial charge on any atom is 0.328 e. The molecular formula is C16H24N2O3. The number of hydrogen-bond acceptors (Lipinski definition) is 3. The number of ether oxygens (including phenoxy) is 2. The molecule has 1 saturated heterocycles. The maximum atomic E-state index is 11.9. The normalized spacial score (nSPS) is 17.6. The van der Waals surface area contributed by atoms with E-state index in [1.807, 2.05) is 32.0 Å². The molecule has 116 valence electrons. The van der Waals surface area contributed by atoms with Crippen LogP contribution < -0.4 is 10.4 Å². The van der Waals surface area contributed by atoms with Crippen molar-refractivity contribution in [3.63, 3.8) is 0 Å². The second-order valence-corrected chi connectivity index (χ2v) is 4.97. The molecular weight excluding hydrogens is 268 g/mol. The third-order valence-electron chi connectivity index (χ3n) is 3.70. The van der Waals surface area contributed by atoms with E-state index in [1.165, 1.54) is 0 Å². The predicted molar refractivity (Wildman–Crippen MR) is 84.0 cm³/mol. The standard InChI is InChI=1S/C14H18N2O3.C2H6/c1-15-11-6-3-7-12(13(11)16(2)14(15)17)19-9-10-5-4-8-18-10;1-2/h3,6-7,10H,4-5,8-9H2,1-2H3;1-2H3. The third kappa shape index (κ3) is 2.97. The van der Waals surface area contributed by atoms with Gasteiger partial charge in [-0.2, -0.15) is 0 Å². The van der Waals surface area contributed by atoms with Crippen LogP contribution >= 0.6 is 0 Å². The van der Waals surface area contributed by atoms with Gasteiger partial charge in [0.15, 0.2) is 0 Å². The van der Waals surface area contributed by atoms with Crippen LogP contribution in [0.1, 0.15) is 26.7 Å². The molecule has 0 aliphatic carbocycles. The van der Waals surface area contributed by atoms with Crippen molar-refractivity contribution < 1.29 is 9.47 Å². The molecule has 0 radical (unpaired) electrons. The largest absolute Gasteiger partial charge is 0.489 e. The van der Waals surface area contributed by atoms with Crippen molar-refractivity contribution in [2.75, 3.05) is 13.2 Å². The summed E-state index contributed by atoms with van der Waals surface area (Å²) in [5, 5.41) is 0. The van der Waals surface area contributed by atoms with Crippen LogP contribution in [0.4, 0.5) is 0 Å². The summed E-state index contributed by atoms with van der Waals surface area (Å²) in [4.78, 5) is 11.9. The van der Waals surface area contributed by atoms with Crippen LogP contribution in [0, 0.1) is 0 Å². The Bertz CT molecular complexity index is 651. The number of benzene rings is 1. The molecule has 1 unspecified atom stereocenters. The first-order valence-electron chi connectivity index (χ1n) is 7.57. The minimum atomic E-state index is -0.0387. The zero-order valence-corrected chi connectivity index (χ0v) is 13.3. The fourth-order valence-electron chi connectivity index (χ4n) is 2.62. The molecule has 2 aromatic rings. The van der Waals surface area contributed by atoms with Crippen molar-refractivity contribution in [1.82, 2.24) is 9.13 Å². The Morgan fingerprint density at radius 3 is 2.71 bits per heavy atom. The van der Waals surface area contributed by atoms with Crippen LogP contribution in [0.25, 0.3) is 11.0 Å². The zero-order chi connectivity index (χ0) is 15.4. The number of para-hydroxylation sites is 1. The summed E-state index contributed by atoms with van der Waals surface area (Å²) in [5.41, 5.74) is 1.69. The van der Waals surface area contributed by atoms with Crippen molar-refractivity contribution in [3.8, 4) is 5.75 Å². The monoisotopic (exact) mass is 292 g/mol. The Morgan fingerprint density at radius 2 is 2.05 bits per heavy atom. The van der Waals surface area contributed by atoms with Crippen LogP contribution in [0.15, 0.2) is 23.0 Å². The Hall–Kier alpha value is -1.75. The number of imidazole rings is 1. The van der Waals surface area contributed by atoms with E-state index in [0.29, 0.717) is 6.61 Å². The molecule has 1 aliphatic heterocycles. The Kier molecular flexibility index (Phi) is 5.07. The molecule has 1 aliphatic rings. The van der Waals surface area contributed by atoms with Gasteiger partial charge < -0.3 is 9.47 Å². The number of hydrogen-bond donors (Lipinski definition) is 0. The molecule has 2 heterocycles. The maximum absolute atomic E-state index is 11.9. The summed E-state index contributed by atoms with van der Waals surface area (Å²) in [6, 6.07) is 5.74. The molecule has 1 atom stereocenters.